The molecule has 0 N–H and O–H groups in total. The molecule has 3 heteroatoms. The van der Waals surface area contributed by atoms with Gasteiger partial charge in [-0.1, -0.05) is 38.1 Å². The lowest BCUT2D eigenvalue weighted by Crippen LogP contribution is -1.96. The zero-order valence-corrected chi connectivity index (χ0v) is 12.0. The maximum absolute atomic E-state index is 5.11. The number of hydrogen-bond acceptors (Lipinski definition) is 3. The summed E-state index contributed by atoms with van der Waals surface area (Å²) in [5, 5.41) is 0. The number of rotatable bonds is 4. The van der Waals surface area contributed by atoms with Crippen LogP contribution in [-0.2, 0) is 0 Å². The first-order chi connectivity index (χ1) is 9.13. The molecular formula is C16H20N2O. The summed E-state index contributed by atoms with van der Waals surface area (Å²) in [5.41, 5.74) is 4.27. The van der Waals surface area contributed by atoms with Crippen LogP contribution in [0, 0.1) is 6.92 Å². The van der Waals surface area contributed by atoms with Crippen molar-refractivity contribution in [2.45, 2.75) is 33.1 Å². The quantitative estimate of drug-likeness (QED) is 0.830. The molecular weight excluding hydrogens is 236 g/mol. The van der Waals surface area contributed by atoms with E-state index < -0.39 is 0 Å². The highest BCUT2D eigenvalue weighted by atomic mass is 16.5. The first-order valence-corrected chi connectivity index (χ1v) is 6.64. The Labute approximate surface area is 114 Å². The molecule has 2 rings (SSSR count). The molecule has 19 heavy (non-hydrogen) atoms. The predicted octanol–water partition coefficient (Wildman–Crippen LogP) is 3.97. The molecule has 1 aromatic carbocycles. The summed E-state index contributed by atoms with van der Waals surface area (Å²) in [6.07, 6.45) is 1.15. The van der Waals surface area contributed by atoms with Crippen LogP contribution in [0.25, 0.3) is 11.3 Å². The van der Waals surface area contributed by atoms with Gasteiger partial charge >= 0.3 is 6.01 Å². The SMILES string of the molecule is CCC(C)c1ccc(-c2cc(C)nc(OC)n2)cc1. The van der Waals surface area contributed by atoms with Gasteiger partial charge in [-0.2, -0.15) is 4.98 Å². The Kier molecular flexibility index (Phi) is 4.15. The summed E-state index contributed by atoms with van der Waals surface area (Å²) in [4.78, 5) is 8.59. The van der Waals surface area contributed by atoms with E-state index in [1.807, 2.05) is 13.0 Å². The molecule has 1 heterocycles. The minimum absolute atomic E-state index is 0.418. The molecule has 0 aliphatic carbocycles. The third kappa shape index (κ3) is 3.11. The molecule has 100 valence electrons. The maximum Gasteiger partial charge on any atom is 0.316 e. The Morgan fingerprint density at radius 1 is 1.16 bits per heavy atom. The summed E-state index contributed by atoms with van der Waals surface area (Å²) in [6, 6.07) is 11.0. The molecule has 1 aromatic heterocycles. The topological polar surface area (TPSA) is 35.0 Å². The number of methoxy groups -OCH3 is 1. The number of benzene rings is 1. The standard InChI is InChI=1S/C16H20N2O/c1-5-11(2)13-6-8-14(9-7-13)15-10-12(3)17-16(18-15)19-4/h6-11H,5H2,1-4H3. The van der Waals surface area contributed by atoms with Gasteiger partial charge in [-0.05, 0) is 30.9 Å². The number of aromatic nitrogens is 2. The van der Waals surface area contributed by atoms with E-state index in [2.05, 4.69) is 48.1 Å². The molecule has 0 saturated heterocycles. The molecule has 0 spiro atoms. The summed E-state index contributed by atoms with van der Waals surface area (Å²) < 4.78 is 5.11. The van der Waals surface area contributed by atoms with Crippen molar-refractivity contribution in [1.82, 2.24) is 9.97 Å². The Hall–Kier alpha value is -1.90. The molecule has 0 radical (unpaired) electrons. The van der Waals surface area contributed by atoms with E-state index in [9.17, 15) is 0 Å². The largest absolute Gasteiger partial charge is 0.467 e. The van der Waals surface area contributed by atoms with Gasteiger partial charge in [0, 0.05) is 11.3 Å². The number of nitrogens with zero attached hydrogens (tertiary/aromatic N) is 2. The van der Waals surface area contributed by atoms with Crippen LogP contribution >= 0.6 is 0 Å². The highest BCUT2D eigenvalue weighted by molar-refractivity contribution is 5.60. The second-order valence-corrected chi connectivity index (χ2v) is 4.81. The van der Waals surface area contributed by atoms with Crippen LogP contribution in [0.4, 0.5) is 0 Å². The Morgan fingerprint density at radius 2 is 1.84 bits per heavy atom. The molecule has 1 atom stereocenters. The van der Waals surface area contributed by atoms with Gasteiger partial charge in [0.25, 0.3) is 0 Å². The fourth-order valence-corrected chi connectivity index (χ4v) is 2.00. The average Bonchev–Trinajstić information content (AvgIpc) is 2.46. The fraction of sp³-hybridized carbons (Fsp3) is 0.375. The normalized spacial score (nSPS) is 12.2. The molecule has 0 amide bonds. The van der Waals surface area contributed by atoms with Gasteiger partial charge in [0.15, 0.2) is 0 Å². The minimum atomic E-state index is 0.418. The molecule has 0 aliphatic rings. The maximum atomic E-state index is 5.11. The Bertz CT molecular complexity index is 549. The predicted molar refractivity (Wildman–Crippen MR) is 77.5 cm³/mol. The number of aryl methyl sites for hydroxylation is 1. The number of ether oxygens (including phenoxy) is 1. The molecule has 0 aliphatic heterocycles. The van der Waals surface area contributed by atoms with Crippen molar-refractivity contribution >= 4 is 0 Å². The summed E-state index contributed by atoms with van der Waals surface area (Å²) in [5.74, 6) is 0.593. The number of hydrogen-bond donors (Lipinski definition) is 0. The zero-order valence-electron chi connectivity index (χ0n) is 12.0. The van der Waals surface area contributed by atoms with Gasteiger partial charge in [-0.25, -0.2) is 4.98 Å². The van der Waals surface area contributed by atoms with Gasteiger partial charge in [-0.3, -0.25) is 0 Å². The lowest BCUT2D eigenvalue weighted by atomic mass is 9.97. The van der Waals surface area contributed by atoms with E-state index in [0.29, 0.717) is 11.9 Å². The molecule has 0 saturated carbocycles. The lowest BCUT2D eigenvalue weighted by Gasteiger charge is -2.10. The van der Waals surface area contributed by atoms with E-state index in [-0.39, 0.29) is 0 Å². The summed E-state index contributed by atoms with van der Waals surface area (Å²) in [6.45, 7) is 6.39. The van der Waals surface area contributed by atoms with Crippen molar-refractivity contribution in [3.63, 3.8) is 0 Å². The van der Waals surface area contributed by atoms with Gasteiger partial charge in [0.05, 0.1) is 12.8 Å². The molecule has 1 unspecified atom stereocenters. The first kappa shape index (κ1) is 13.5. The zero-order chi connectivity index (χ0) is 13.8. The highest BCUT2D eigenvalue weighted by Crippen LogP contribution is 2.24. The molecule has 2 aromatic rings. The highest BCUT2D eigenvalue weighted by Gasteiger charge is 2.07. The van der Waals surface area contributed by atoms with Crippen LogP contribution in [0.5, 0.6) is 6.01 Å². The summed E-state index contributed by atoms with van der Waals surface area (Å²) in [7, 11) is 1.59. The third-order valence-corrected chi connectivity index (χ3v) is 3.40. The van der Waals surface area contributed by atoms with Gasteiger partial charge in [0.2, 0.25) is 0 Å². The molecule has 0 bridgehead atoms. The van der Waals surface area contributed by atoms with Crippen molar-refractivity contribution in [3.05, 3.63) is 41.6 Å². The van der Waals surface area contributed by atoms with Crippen LogP contribution < -0.4 is 4.74 Å². The van der Waals surface area contributed by atoms with Crippen LogP contribution in [0.3, 0.4) is 0 Å². The van der Waals surface area contributed by atoms with Gasteiger partial charge in [-0.15, -0.1) is 0 Å². The van der Waals surface area contributed by atoms with Gasteiger partial charge < -0.3 is 4.74 Å². The van der Waals surface area contributed by atoms with Crippen molar-refractivity contribution in [1.29, 1.82) is 0 Å². The van der Waals surface area contributed by atoms with Crippen LogP contribution in [0.2, 0.25) is 0 Å². The molecule has 3 nitrogen and oxygen atoms in total. The van der Waals surface area contributed by atoms with Crippen LogP contribution in [0.15, 0.2) is 30.3 Å². The fourth-order valence-electron chi connectivity index (χ4n) is 2.00. The van der Waals surface area contributed by atoms with Crippen molar-refractivity contribution in [2.24, 2.45) is 0 Å². The third-order valence-electron chi connectivity index (χ3n) is 3.40. The minimum Gasteiger partial charge on any atom is -0.467 e. The van der Waals surface area contributed by atoms with Gasteiger partial charge in [0.1, 0.15) is 0 Å². The smallest absolute Gasteiger partial charge is 0.316 e. The average molecular weight is 256 g/mol. The van der Waals surface area contributed by atoms with E-state index in [1.165, 1.54) is 5.56 Å². The monoisotopic (exact) mass is 256 g/mol. The Balaban J connectivity index is 2.34. The van der Waals surface area contributed by atoms with E-state index >= 15 is 0 Å². The lowest BCUT2D eigenvalue weighted by molar-refractivity contribution is 0.379. The van der Waals surface area contributed by atoms with Crippen molar-refractivity contribution in [3.8, 4) is 17.3 Å². The molecule has 0 fully saturated rings. The Morgan fingerprint density at radius 3 is 2.42 bits per heavy atom. The second-order valence-electron chi connectivity index (χ2n) is 4.81. The van der Waals surface area contributed by atoms with Crippen molar-refractivity contribution in [2.75, 3.05) is 7.11 Å². The van der Waals surface area contributed by atoms with E-state index in [0.717, 1.165) is 23.4 Å². The first-order valence-electron chi connectivity index (χ1n) is 6.64. The second kappa shape index (κ2) is 5.83. The van der Waals surface area contributed by atoms with E-state index in [1.54, 1.807) is 7.11 Å². The van der Waals surface area contributed by atoms with Crippen molar-refractivity contribution < 1.29 is 4.74 Å². The van der Waals surface area contributed by atoms with Crippen LogP contribution in [0.1, 0.15) is 37.4 Å². The van der Waals surface area contributed by atoms with Crippen LogP contribution in [-0.4, -0.2) is 17.1 Å². The summed E-state index contributed by atoms with van der Waals surface area (Å²) >= 11 is 0. The van der Waals surface area contributed by atoms with E-state index in [4.69, 9.17) is 4.74 Å².